The monoisotopic (exact) mass is 493 g/mol. The SMILES string of the molecule is COc1cc(CC(=O)N(CC(=O)O)Cc2ccccc2)cc2c1O[C@@H](c1ccc(Cl)cc1)[C@H](C)C2. The Hall–Kier alpha value is -3.51. The van der Waals surface area contributed by atoms with Crippen LogP contribution in [-0.4, -0.2) is 35.5 Å². The second kappa shape index (κ2) is 10.8. The standard InChI is InChI=1S/C28H28ClNO5/c1-18-12-22-13-20(15-25(31)30(17-26(32)33)16-19-6-4-3-5-7-19)14-24(34-2)28(22)35-27(18)21-8-10-23(29)11-9-21/h3-11,13-14,18,27H,12,15-17H2,1-2H3,(H,32,33)/t18-,27-/m1/s1. The van der Waals surface area contributed by atoms with Gasteiger partial charge in [0.25, 0.3) is 0 Å². The summed E-state index contributed by atoms with van der Waals surface area (Å²) in [7, 11) is 1.58. The van der Waals surface area contributed by atoms with Crippen LogP contribution in [0.2, 0.25) is 5.02 Å². The van der Waals surface area contributed by atoms with Crippen LogP contribution in [0.3, 0.4) is 0 Å². The van der Waals surface area contributed by atoms with Crippen LogP contribution in [0, 0.1) is 5.92 Å². The van der Waals surface area contributed by atoms with E-state index in [1.165, 1.54) is 4.90 Å². The van der Waals surface area contributed by atoms with Crippen molar-refractivity contribution < 1.29 is 24.2 Å². The molecule has 1 N–H and O–H groups in total. The van der Waals surface area contributed by atoms with E-state index in [9.17, 15) is 14.7 Å². The first-order valence-electron chi connectivity index (χ1n) is 11.5. The highest BCUT2D eigenvalue weighted by Crippen LogP contribution is 2.44. The molecule has 7 heteroatoms. The van der Waals surface area contributed by atoms with E-state index in [-0.39, 0.29) is 37.4 Å². The number of methoxy groups -OCH3 is 1. The highest BCUT2D eigenvalue weighted by atomic mass is 35.5. The van der Waals surface area contributed by atoms with Gasteiger partial charge in [0.1, 0.15) is 12.6 Å². The van der Waals surface area contributed by atoms with Crippen LogP contribution in [0.5, 0.6) is 11.5 Å². The largest absolute Gasteiger partial charge is 0.493 e. The molecule has 0 aliphatic carbocycles. The maximum absolute atomic E-state index is 13.1. The average Bonchev–Trinajstić information content (AvgIpc) is 2.83. The Kier molecular flexibility index (Phi) is 7.61. The first kappa shape index (κ1) is 24.6. The number of aliphatic carboxylic acids is 1. The molecule has 0 radical (unpaired) electrons. The molecule has 0 spiro atoms. The fourth-order valence-electron chi connectivity index (χ4n) is 4.49. The molecule has 0 saturated carbocycles. The fraction of sp³-hybridized carbons (Fsp3) is 0.286. The Morgan fingerprint density at radius 3 is 2.46 bits per heavy atom. The van der Waals surface area contributed by atoms with Gasteiger partial charge in [-0.25, -0.2) is 0 Å². The Bertz CT molecular complexity index is 1200. The van der Waals surface area contributed by atoms with Crippen molar-refractivity contribution in [1.82, 2.24) is 4.90 Å². The molecule has 182 valence electrons. The lowest BCUT2D eigenvalue weighted by Gasteiger charge is -2.33. The van der Waals surface area contributed by atoms with Crippen LogP contribution in [0.1, 0.15) is 35.3 Å². The highest BCUT2D eigenvalue weighted by molar-refractivity contribution is 6.30. The van der Waals surface area contributed by atoms with Gasteiger partial charge in [0.2, 0.25) is 5.91 Å². The molecule has 6 nitrogen and oxygen atoms in total. The number of halogens is 1. The molecular weight excluding hydrogens is 466 g/mol. The zero-order chi connectivity index (χ0) is 24.9. The topological polar surface area (TPSA) is 76.1 Å². The zero-order valence-electron chi connectivity index (χ0n) is 19.7. The van der Waals surface area contributed by atoms with Crippen LogP contribution in [0.4, 0.5) is 0 Å². The minimum atomic E-state index is -1.05. The van der Waals surface area contributed by atoms with Gasteiger partial charge in [0.05, 0.1) is 13.5 Å². The van der Waals surface area contributed by atoms with Crippen LogP contribution in [-0.2, 0) is 29.0 Å². The molecule has 0 fully saturated rings. The third-order valence-corrected chi connectivity index (χ3v) is 6.42. The van der Waals surface area contributed by atoms with Crippen LogP contribution in [0.15, 0.2) is 66.7 Å². The van der Waals surface area contributed by atoms with Gasteiger partial charge in [-0.1, -0.05) is 67.1 Å². The average molecular weight is 494 g/mol. The third-order valence-electron chi connectivity index (χ3n) is 6.16. The van der Waals surface area contributed by atoms with Gasteiger partial charge in [-0.15, -0.1) is 0 Å². The van der Waals surface area contributed by atoms with Gasteiger partial charge in [-0.3, -0.25) is 9.59 Å². The lowest BCUT2D eigenvalue weighted by molar-refractivity contribution is -0.144. The van der Waals surface area contributed by atoms with Crippen LogP contribution >= 0.6 is 11.6 Å². The highest BCUT2D eigenvalue weighted by Gasteiger charge is 2.31. The first-order valence-corrected chi connectivity index (χ1v) is 11.9. The Morgan fingerprint density at radius 1 is 1.09 bits per heavy atom. The van der Waals surface area contributed by atoms with Crippen LogP contribution in [0.25, 0.3) is 0 Å². The second-order valence-electron chi connectivity index (χ2n) is 8.86. The van der Waals surface area contributed by atoms with Crippen molar-refractivity contribution in [2.45, 2.75) is 32.4 Å². The molecular formula is C28H28ClNO5. The van der Waals surface area contributed by atoms with Crippen molar-refractivity contribution >= 4 is 23.5 Å². The van der Waals surface area contributed by atoms with Gasteiger partial charge >= 0.3 is 5.97 Å². The number of benzene rings is 3. The predicted octanol–water partition coefficient (Wildman–Crippen LogP) is 5.32. The Morgan fingerprint density at radius 2 is 1.80 bits per heavy atom. The normalized spacial score (nSPS) is 16.7. The maximum atomic E-state index is 13.1. The van der Waals surface area contributed by atoms with E-state index in [4.69, 9.17) is 21.1 Å². The van der Waals surface area contributed by atoms with Crippen LogP contribution < -0.4 is 9.47 Å². The number of fused-ring (bicyclic) bond motifs is 1. The molecule has 1 aliphatic rings. The van der Waals surface area contributed by atoms with E-state index in [0.717, 1.165) is 28.7 Å². The van der Waals surface area contributed by atoms with Gasteiger partial charge in [-0.2, -0.15) is 0 Å². The molecule has 0 saturated heterocycles. The van der Waals surface area contributed by atoms with E-state index < -0.39 is 5.97 Å². The summed E-state index contributed by atoms with van der Waals surface area (Å²) in [6.45, 7) is 2.00. The Balaban J connectivity index is 1.56. The van der Waals surface area contributed by atoms with Crippen molar-refractivity contribution in [1.29, 1.82) is 0 Å². The number of nitrogens with zero attached hydrogens (tertiary/aromatic N) is 1. The smallest absolute Gasteiger partial charge is 0.323 e. The van der Waals surface area contributed by atoms with E-state index in [1.54, 1.807) is 13.2 Å². The summed E-state index contributed by atoms with van der Waals surface area (Å²) in [4.78, 5) is 25.9. The van der Waals surface area contributed by atoms with Gasteiger partial charge in [0.15, 0.2) is 11.5 Å². The van der Waals surface area contributed by atoms with Crippen molar-refractivity contribution in [2.75, 3.05) is 13.7 Å². The molecule has 2 atom stereocenters. The number of hydrogen-bond donors (Lipinski definition) is 1. The first-order chi connectivity index (χ1) is 16.8. The number of carbonyl (C=O) groups excluding carboxylic acids is 1. The van der Waals surface area contributed by atoms with Crippen molar-refractivity contribution in [3.05, 3.63) is 94.0 Å². The van der Waals surface area contributed by atoms with Crippen molar-refractivity contribution in [3.63, 3.8) is 0 Å². The number of carboxylic acid groups (broad SMARTS) is 1. The quantitative estimate of drug-likeness (QED) is 0.460. The fourth-order valence-corrected chi connectivity index (χ4v) is 4.62. The van der Waals surface area contributed by atoms with E-state index >= 15 is 0 Å². The summed E-state index contributed by atoms with van der Waals surface area (Å²) < 4.78 is 12.0. The molecule has 1 heterocycles. The van der Waals surface area contributed by atoms with E-state index in [1.807, 2.05) is 60.7 Å². The molecule has 35 heavy (non-hydrogen) atoms. The Labute approximate surface area is 210 Å². The number of hydrogen-bond acceptors (Lipinski definition) is 4. The van der Waals surface area contributed by atoms with Gasteiger partial charge in [-0.05, 0) is 46.9 Å². The van der Waals surface area contributed by atoms with E-state index in [0.29, 0.717) is 16.5 Å². The molecule has 3 aromatic carbocycles. The summed E-state index contributed by atoms with van der Waals surface area (Å²) in [5.41, 5.74) is 3.65. The zero-order valence-corrected chi connectivity index (χ0v) is 20.5. The number of rotatable bonds is 8. The van der Waals surface area contributed by atoms with Crippen molar-refractivity contribution in [3.8, 4) is 11.5 Å². The van der Waals surface area contributed by atoms with Gasteiger partial charge in [0, 0.05) is 17.5 Å². The summed E-state index contributed by atoms with van der Waals surface area (Å²) >= 11 is 6.05. The minimum absolute atomic E-state index is 0.0682. The van der Waals surface area contributed by atoms with E-state index in [2.05, 4.69) is 6.92 Å². The summed E-state index contributed by atoms with van der Waals surface area (Å²) in [5, 5.41) is 10.0. The molecule has 3 aromatic rings. The van der Waals surface area contributed by atoms with Crippen molar-refractivity contribution in [2.24, 2.45) is 5.92 Å². The third kappa shape index (κ3) is 5.95. The summed E-state index contributed by atoms with van der Waals surface area (Å²) in [6, 6.07) is 20.8. The molecule has 0 aromatic heterocycles. The number of ether oxygens (including phenoxy) is 2. The molecule has 4 rings (SSSR count). The minimum Gasteiger partial charge on any atom is -0.493 e. The number of carbonyl (C=O) groups is 2. The molecule has 1 amide bonds. The number of amides is 1. The maximum Gasteiger partial charge on any atom is 0.323 e. The summed E-state index contributed by atoms with van der Waals surface area (Å²) in [5.74, 6) is 0.119. The lowest BCUT2D eigenvalue weighted by Crippen LogP contribution is -2.36. The second-order valence-corrected chi connectivity index (χ2v) is 9.30. The lowest BCUT2D eigenvalue weighted by atomic mass is 9.87. The predicted molar refractivity (Wildman–Crippen MR) is 134 cm³/mol. The number of carboxylic acids is 1. The molecule has 0 bridgehead atoms. The van der Waals surface area contributed by atoms with Gasteiger partial charge < -0.3 is 19.5 Å². The molecule has 1 aliphatic heterocycles. The summed E-state index contributed by atoms with van der Waals surface area (Å²) in [6.07, 6.45) is 0.681. The molecule has 0 unspecified atom stereocenters.